The first-order valence-corrected chi connectivity index (χ1v) is 7.47. The van der Waals surface area contributed by atoms with E-state index in [0.29, 0.717) is 17.8 Å². The summed E-state index contributed by atoms with van der Waals surface area (Å²) in [5.74, 6) is -0.891. The van der Waals surface area contributed by atoms with E-state index < -0.39 is 17.8 Å². The van der Waals surface area contributed by atoms with Crippen molar-refractivity contribution in [1.82, 2.24) is 10.3 Å². The molecule has 25 heavy (non-hydrogen) atoms. The molecule has 0 unspecified atom stereocenters. The number of carbonyl (C=O) groups is 2. The average molecular weight is 351 g/mol. The van der Waals surface area contributed by atoms with Crippen LogP contribution in [-0.2, 0) is 6.18 Å². The molecular weight excluding hydrogens is 335 g/mol. The number of carbonyl (C=O) groups excluding carboxylic acids is 2. The van der Waals surface area contributed by atoms with Crippen molar-refractivity contribution >= 4 is 17.5 Å². The Balaban J connectivity index is 2.20. The largest absolute Gasteiger partial charge is 0.433 e. The molecule has 2 rings (SSSR count). The van der Waals surface area contributed by atoms with Crippen LogP contribution in [0.25, 0.3) is 0 Å². The predicted octanol–water partition coefficient (Wildman–Crippen LogP) is 3.41. The summed E-state index contributed by atoms with van der Waals surface area (Å²) >= 11 is 0. The van der Waals surface area contributed by atoms with Gasteiger partial charge in [0.1, 0.15) is 5.69 Å². The lowest BCUT2D eigenvalue weighted by Gasteiger charge is -2.11. The predicted molar refractivity (Wildman–Crippen MR) is 86.4 cm³/mol. The maximum Gasteiger partial charge on any atom is 0.433 e. The molecule has 2 N–H and O–H groups in total. The molecule has 0 saturated heterocycles. The fraction of sp³-hybridized carbons (Fsp3) is 0.235. The molecule has 0 aliphatic carbocycles. The minimum atomic E-state index is -4.57. The minimum Gasteiger partial charge on any atom is -0.352 e. The van der Waals surface area contributed by atoms with Gasteiger partial charge in [-0.2, -0.15) is 13.2 Å². The fourth-order valence-corrected chi connectivity index (χ4v) is 2.16. The number of anilines is 1. The van der Waals surface area contributed by atoms with E-state index >= 15 is 0 Å². The number of alkyl halides is 3. The summed E-state index contributed by atoms with van der Waals surface area (Å²) in [7, 11) is 0. The smallest absolute Gasteiger partial charge is 0.352 e. The van der Waals surface area contributed by atoms with Crippen molar-refractivity contribution in [1.29, 1.82) is 0 Å². The summed E-state index contributed by atoms with van der Waals surface area (Å²) in [6.07, 6.45) is -4.57. The summed E-state index contributed by atoms with van der Waals surface area (Å²) in [5, 5.41) is 5.19. The number of benzene rings is 1. The van der Waals surface area contributed by atoms with Gasteiger partial charge in [0.2, 0.25) is 0 Å². The first kappa shape index (κ1) is 18.4. The molecule has 8 heteroatoms. The standard InChI is InChI=1S/C17H16F3N3O2/c1-3-21-15(24)11-5-4-6-12(9-11)23-16(25)13-7-8-14(17(18,19)20)22-10(13)2/h4-9H,3H2,1-2H3,(H,21,24)(H,23,25). The zero-order valence-corrected chi connectivity index (χ0v) is 13.6. The third-order valence-corrected chi connectivity index (χ3v) is 3.34. The van der Waals surface area contributed by atoms with Crippen LogP contribution in [0.1, 0.15) is 39.0 Å². The van der Waals surface area contributed by atoms with Gasteiger partial charge in [0, 0.05) is 17.8 Å². The van der Waals surface area contributed by atoms with Gasteiger partial charge in [0.15, 0.2) is 0 Å². The maximum absolute atomic E-state index is 12.6. The van der Waals surface area contributed by atoms with Crippen LogP contribution in [0.3, 0.4) is 0 Å². The molecule has 0 spiro atoms. The molecule has 0 fully saturated rings. The van der Waals surface area contributed by atoms with E-state index in [9.17, 15) is 22.8 Å². The topological polar surface area (TPSA) is 71.1 Å². The highest BCUT2D eigenvalue weighted by Crippen LogP contribution is 2.28. The van der Waals surface area contributed by atoms with Gasteiger partial charge in [-0.05, 0) is 44.2 Å². The average Bonchev–Trinajstić information content (AvgIpc) is 2.54. The Hall–Kier alpha value is -2.90. The summed E-state index contributed by atoms with van der Waals surface area (Å²) < 4.78 is 37.9. The highest BCUT2D eigenvalue weighted by atomic mass is 19.4. The van der Waals surface area contributed by atoms with Crippen LogP contribution in [0.15, 0.2) is 36.4 Å². The highest BCUT2D eigenvalue weighted by molar-refractivity contribution is 6.05. The van der Waals surface area contributed by atoms with Crippen molar-refractivity contribution in [3.05, 3.63) is 58.9 Å². The van der Waals surface area contributed by atoms with Crippen LogP contribution >= 0.6 is 0 Å². The summed E-state index contributed by atoms with van der Waals surface area (Å²) in [6, 6.07) is 8.08. The molecule has 0 saturated carbocycles. The number of nitrogens with one attached hydrogen (secondary N) is 2. The minimum absolute atomic E-state index is 0.0245. The Bertz CT molecular complexity index is 804. The molecule has 0 radical (unpaired) electrons. The van der Waals surface area contributed by atoms with Gasteiger partial charge in [0.05, 0.1) is 11.3 Å². The van der Waals surface area contributed by atoms with Crippen LogP contribution in [-0.4, -0.2) is 23.3 Å². The Labute approximate surface area is 142 Å². The first-order valence-electron chi connectivity index (χ1n) is 7.47. The quantitative estimate of drug-likeness (QED) is 0.887. The van der Waals surface area contributed by atoms with Crippen molar-refractivity contribution in [2.24, 2.45) is 0 Å². The first-order chi connectivity index (χ1) is 11.7. The second-order valence-corrected chi connectivity index (χ2v) is 5.22. The van der Waals surface area contributed by atoms with Crippen LogP contribution in [0.5, 0.6) is 0 Å². The maximum atomic E-state index is 12.6. The molecule has 2 amide bonds. The van der Waals surface area contributed by atoms with Crippen molar-refractivity contribution in [2.75, 3.05) is 11.9 Å². The number of hydrogen-bond donors (Lipinski definition) is 2. The van der Waals surface area contributed by atoms with Gasteiger partial charge in [-0.3, -0.25) is 9.59 Å². The second-order valence-electron chi connectivity index (χ2n) is 5.22. The second kappa shape index (κ2) is 7.33. The molecule has 1 aromatic heterocycles. The van der Waals surface area contributed by atoms with E-state index in [1.165, 1.54) is 13.0 Å². The van der Waals surface area contributed by atoms with E-state index in [1.54, 1.807) is 25.1 Å². The summed E-state index contributed by atoms with van der Waals surface area (Å²) in [4.78, 5) is 27.5. The molecule has 1 aromatic carbocycles. The number of pyridine rings is 1. The number of hydrogen-bond acceptors (Lipinski definition) is 3. The monoisotopic (exact) mass is 351 g/mol. The van der Waals surface area contributed by atoms with Crippen LogP contribution in [0, 0.1) is 6.92 Å². The van der Waals surface area contributed by atoms with E-state index in [1.807, 2.05) is 0 Å². The molecule has 5 nitrogen and oxygen atoms in total. The number of rotatable bonds is 4. The molecule has 132 valence electrons. The van der Waals surface area contributed by atoms with Gasteiger partial charge < -0.3 is 10.6 Å². The molecule has 0 atom stereocenters. The lowest BCUT2D eigenvalue weighted by molar-refractivity contribution is -0.141. The van der Waals surface area contributed by atoms with E-state index in [-0.39, 0.29) is 17.2 Å². The van der Waals surface area contributed by atoms with Crippen molar-refractivity contribution < 1.29 is 22.8 Å². The van der Waals surface area contributed by atoms with Crippen molar-refractivity contribution in [3.63, 3.8) is 0 Å². The zero-order chi connectivity index (χ0) is 18.6. The van der Waals surface area contributed by atoms with E-state index in [0.717, 1.165) is 12.1 Å². The van der Waals surface area contributed by atoms with Crippen LogP contribution in [0.2, 0.25) is 0 Å². The summed E-state index contributed by atoms with van der Waals surface area (Å²) in [6.45, 7) is 3.57. The lowest BCUT2D eigenvalue weighted by Crippen LogP contribution is -2.23. The van der Waals surface area contributed by atoms with Gasteiger partial charge in [-0.1, -0.05) is 6.07 Å². The van der Waals surface area contributed by atoms with E-state index in [4.69, 9.17) is 0 Å². The third kappa shape index (κ3) is 4.56. The Morgan fingerprint density at radius 1 is 1.12 bits per heavy atom. The fourth-order valence-electron chi connectivity index (χ4n) is 2.16. The molecule has 0 bridgehead atoms. The molecular formula is C17H16F3N3O2. The van der Waals surface area contributed by atoms with Gasteiger partial charge >= 0.3 is 6.18 Å². The van der Waals surface area contributed by atoms with Crippen LogP contribution in [0.4, 0.5) is 18.9 Å². The molecule has 0 aliphatic heterocycles. The molecule has 2 aromatic rings. The Morgan fingerprint density at radius 3 is 2.44 bits per heavy atom. The number of aryl methyl sites for hydroxylation is 1. The van der Waals surface area contributed by atoms with Gasteiger partial charge in [-0.15, -0.1) is 0 Å². The van der Waals surface area contributed by atoms with Crippen molar-refractivity contribution in [3.8, 4) is 0 Å². The van der Waals surface area contributed by atoms with E-state index in [2.05, 4.69) is 15.6 Å². The number of amides is 2. The van der Waals surface area contributed by atoms with Gasteiger partial charge in [-0.25, -0.2) is 4.98 Å². The lowest BCUT2D eigenvalue weighted by atomic mass is 10.1. The highest BCUT2D eigenvalue weighted by Gasteiger charge is 2.33. The van der Waals surface area contributed by atoms with Crippen LogP contribution < -0.4 is 10.6 Å². The zero-order valence-electron chi connectivity index (χ0n) is 13.6. The normalized spacial score (nSPS) is 11.1. The number of nitrogens with zero attached hydrogens (tertiary/aromatic N) is 1. The van der Waals surface area contributed by atoms with Gasteiger partial charge in [0.25, 0.3) is 11.8 Å². The Morgan fingerprint density at radius 2 is 1.84 bits per heavy atom. The third-order valence-electron chi connectivity index (χ3n) is 3.34. The number of aromatic nitrogens is 1. The SMILES string of the molecule is CCNC(=O)c1cccc(NC(=O)c2ccc(C(F)(F)F)nc2C)c1. The van der Waals surface area contributed by atoms with Crippen molar-refractivity contribution in [2.45, 2.75) is 20.0 Å². The summed E-state index contributed by atoms with van der Waals surface area (Å²) in [5.41, 5.74) is -0.349. The Kier molecular flexibility index (Phi) is 5.41. The molecule has 1 heterocycles. The molecule has 0 aliphatic rings. The number of halogens is 3.